The second-order valence-corrected chi connectivity index (χ2v) is 5.53. The van der Waals surface area contributed by atoms with Gasteiger partial charge in [-0.05, 0) is 24.6 Å². The molecule has 2 amide bonds. The summed E-state index contributed by atoms with van der Waals surface area (Å²) < 4.78 is 0. The van der Waals surface area contributed by atoms with Crippen molar-refractivity contribution < 1.29 is 9.59 Å². The highest BCUT2D eigenvalue weighted by atomic mass is 35.5. The number of benzene rings is 1. The third kappa shape index (κ3) is 3.67. The first-order valence-corrected chi connectivity index (χ1v) is 7.52. The van der Waals surface area contributed by atoms with Gasteiger partial charge < -0.3 is 15.5 Å². The first kappa shape index (κ1) is 15.6. The molecule has 1 heterocycles. The summed E-state index contributed by atoms with van der Waals surface area (Å²) in [5, 5.41) is 0.403. The quantitative estimate of drug-likeness (QED) is 0.850. The van der Waals surface area contributed by atoms with Gasteiger partial charge in [0, 0.05) is 38.3 Å². The van der Waals surface area contributed by atoms with E-state index in [4.69, 9.17) is 17.3 Å². The van der Waals surface area contributed by atoms with Crippen molar-refractivity contribution in [2.45, 2.75) is 19.8 Å². The van der Waals surface area contributed by atoms with Gasteiger partial charge in [-0.3, -0.25) is 9.59 Å². The Hall–Kier alpha value is -1.75. The maximum absolute atomic E-state index is 12.6. The third-order valence-electron chi connectivity index (χ3n) is 3.66. The average molecular weight is 310 g/mol. The van der Waals surface area contributed by atoms with Crippen LogP contribution in [0.2, 0.25) is 5.02 Å². The summed E-state index contributed by atoms with van der Waals surface area (Å²) in [6.45, 7) is 4.26. The van der Waals surface area contributed by atoms with E-state index < -0.39 is 0 Å². The third-order valence-corrected chi connectivity index (χ3v) is 3.99. The minimum absolute atomic E-state index is 0.127. The van der Waals surface area contributed by atoms with Crippen LogP contribution < -0.4 is 5.73 Å². The van der Waals surface area contributed by atoms with Crippen molar-refractivity contribution in [2.24, 2.45) is 0 Å². The Kier molecular flexibility index (Phi) is 5.07. The molecular weight excluding hydrogens is 290 g/mol. The number of anilines is 1. The van der Waals surface area contributed by atoms with Crippen molar-refractivity contribution in [1.82, 2.24) is 9.80 Å². The summed E-state index contributed by atoms with van der Waals surface area (Å²) in [6, 6.07) is 4.91. The molecule has 1 aromatic rings. The minimum Gasteiger partial charge on any atom is -0.399 e. The highest BCUT2D eigenvalue weighted by Gasteiger charge is 2.23. The number of amides is 2. The van der Waals surface area contributed by atoms with Crippen LogP contribution >= 0.6 is 11.6 Å². The van der Waals surface area contributed by atoms with E-state index in [1.807, 2.05) is 11.8 Å². The maximum Gasteiger partial charge on any atom is 0.255 e. The van der Waals surface area contributed by atoms with Crippen LogP contribution in [0.25, 0.3) is 0 Å². The molecule has 1 saturated heterocycles. The van der Waals surface area contributed by atoms with Gasteiger partial charge in [-0.1, -0.05) is 18.5 Å². The van der Waals surface area contributed by atoms with E-state index in [0.717, 1.165) is 6.42 Å². The van der Waals surface area contributed by atoms with Crippen LogP contribution in [0.3, 0.4) is 0 Å². The van der Waals surface area contributed by atoms with Crippen LogP contribution in [0.5, 0.6) is 0 Å². The first-order chi connectivity index (χ1) is 10.0. The van der Waals surface area contributed by atoms with Crippen molar-refractivity contribution in [2.75, 3.05) is 31.9 Å². The number of halogens is 1. The Morgan fingerprint density at radius 1 is 1.19 bits per heavy atom. The van der Waals surface area contributed by atoms with E-state index in [1.165, 1.54) is 0 Å². The molecule has 1 fully saturated rings. The molecule has 0 spiro atoms. The second-order valence-electron chi connectivity index (χ2n) is 5.12. The highest BCUT2D eigenvalue weighted by molar-refractivity contribution is 6.34. The van der Waals surface area contributed by atoms with Gasteiger partial charge in [-0.2, -0.15) is 0 Å². The van der Waals surface area contributed by atoms with Crippen molar-refractivity contribution in [3.05, 3.63) is 28.8 Å². The predicted octanol–water partition coefficient (Wildman–Crippen LogP) is 2.01. The molecule has 1 aromatic carbocycles. The lowest BCUT2D eigenvalue weighted by Crippen LogP contribution is -2.37. The molecule has 6 heteroatoms. The van der Waals surface area contributed by atoms with Crippen molar-refractivity contribution in [3.8, 4) is 0 Å². The van der Waals surface area contributed by atoms with Crippen LogP contribution in [0, 0.1) is 0 Å². The number of nitrogens with zero attached hydrogens (tertiary/aromatic N) is 2. The van der Waals surface area contributed by atoms with Gasteiger partial charge in [0.2, 0.25) is 5.91 Å². The highest BCUT2D eigenvalue weighted by Crippen LogP contribution is 2.21. The topological polar surface area (TPSA) is 66.6 Å². The van der Waals surface area contributed by atoms with Crippen LogP contribution in [0.15, 0.2) is 18.2 Å². The molecule has 5 nitrogen and oxygen atoms in total. The minimum atomic E-state index is -0.127. The van der Waals surface area contributed by atoms with Gasteiger partial charge in [0.05, 0.1) is 10.6 Å². The Bertz CT molecular complexity index is 548. The largest absolute Gasteiger partial charge is 0.399 e. The fourth-order valence-corrected chi connectivity index (χ4v) is 2.67. The van der Waals surface area contributed by atoms with E-state index in [9.17, 15) is 9.59 Å². The molecule has 0 bridgehead atoms. The van der Waals surface area contributed by atoms with Gasteiger partial charge in [0.1, 0.15) is 0 Å². The number of nitrogens with two attached hydrogens (primary N) is 1. The number of hydrogen-bond acceptors (Lipinski definition) is 3. The van der Waals surface area contributed by atoms with Crippen LogP contribution in [0.1, 0.15) is 30.1 Å². The molecule has 0 unspecified atom stereocenters. The molecule has 1 aliphatic heterocycles. The zero-order chi connectivity index (χ0) is 15.4. The normalized spacial score (nSPS) is 15.7. The van der Waals surface area contributed by atoms with Gasteiger partial charge in [-0.15, -0.1) is 0 Å². The van der Waals surface area contributed by atoms with Crippen molar-refractivity contribution >= 4 is 29.1 Å². The summed E-state index contributed by atoms with van der Waals surface area (Å²) in [5.74, 6) is 0.00406. The summed E-state index contributed by atoms with van der Waals surface area (Å²) in [5.41, 5.74) is 6.66. The zero-order valence-electron chi connectivity index (χ0n) is 12.1. The molecule has 2 rings (SSSR count). The summed E-state index contributed by atoms with van der Waals surface area (Å²) in [7, 11) is 0. The van der Waals surface area contributed by atoms with E-state index in [0.29, 0.717) is 48.9 Å². The molecule has 0 radical (unpaired) electrons. The lowest BCUT2D eigenvalue weighted by molar-refractivity contribution is -0.130. The van der Waals surface area contributed by atoms with E-state index in [2.05, 4.69) is 0 Å². The standard InChI is InChI=1S/C15H20ClN3O2/c1-2-14(20)18-6-3-7-19(9-8-18)15(21)12-10-11(17)4-5-13(12)16/h4-5,10H,2-3,6-9,17H2,1H3. The van der Waals surface area contributed by atoms with Gasteiger partial charge in [0.25, 0.3) is 5.91 Å². The second kappa shape index (κ2) is 6.80. The number of rotatable bonds is 2. The SMILES string of the molecule is CCC(=O)N1CCCN(C(=O)c2cc(N)ccc2Cl)CC1. The molecule has 1 aliphatic rings. The lowest BCUT2D eigenvalue weighted by Gasteiger charge is -2.22. The van der Waals surface area contributed by atoms with E-state index in [-0.39, 0.29) is 11.8 Å². The molecule has 0 saturated carbocycles. The Morgan fingerprint density at radius 3 is 2.57 bits per heavy atom. The number of hydrogen-bond donors (Lipinski definition) is 1. The number of carbonyl (C=O) groups is 2. The molecule has 0 aromatic heterocycles. The van der Waals surface area contributed by atoms with Gasteiger partial charge in [0.15, 0.2) is 0 Å². The summed E-state index contributed by atoms with van der Waals surface area (Å²) in [6.07, 6.45) is 1.27. The molecular formula is C15H20ClN3O2. The molecule has 2 N–H and O–H groups in total. The number of carbonyl (C=O) groups excluding carboxylic acids is 2. The van der Waals surface area contributed by atoms with Crippen molar-refractivity contribution in [1.29, 1.82) is 0 Å². The molecule has 0 atom stereocenters. The summed E-state index contributed by atoms with van der Waals surface area (Å²) in [4.78, 5) is 27.9. The van der Waals surface area contributed by atoms with E-state index in [1.54, 1.807) is 23.1 Å². The molecule has 114 valence electrons. The zero-order valence-corrected chi connectivity index (χ0v) is 12.9. The average Bonchev–Trinajstić information content (AvgIpc) is 2.74. The maximum atomic E-state index is 12.6. The molecule has 0 aliphatic carbocycles. The Balaban J connectivity index is 2.10. The van der Waals surface area contributed by atoms with Crippen LogP contribution in [0.4, 0.5) is 5.69 Å². The summed E-state index contributed by atoms with van der Waals surface area (Å²) >= 11 is 6.09. The Labute approximate surface area is 129 Å². The van der Waals surface area contributed by atoms with Crippen molar-refractivity contribution in [3.63, 3.8) is 0 Å². The van der Waals surface area contributed by atoms with Gasteiger partial charge >= 0.3 is 0 Å². The fourth-order valence-electron chi connectivity index (χ4n) is 2.47. The Morgan fingerprint density at radius 2 is 1.86 bits per heavy atom. The van der Waals surface area contributed by atoms with Crippen LogP contribution in [-0.4, -0.2) is 47.8 Å². The first-order valence-electron chi connectivity index (χ1n) is 7.15. The predicted molar refractivity (Wildman–Crippen MR) is 83.3 cm³/mol. The lowest BCUT2D eigenvalue weighted by atomic mass is 10.1. The molecule has 21 heavy (non-hydrogen) atoms. The smallest absolute Gasteiger partial charge is 0.255 e. The number of nitrogen functional groups attached to an aromatic ring is 1. The van der Waals surface area contributed by atoms with Gasteiger partial charge in [-0.25, -0.2) is 0 Å². The fraction of sp³-hybridized carbons (Fsp3) is 0.467. The van der Waals surface area contributed by atoms with Crippen LogP contribution in [-0.2, 0) is 4.79 Å². The van der Waals surface area contributed by atoms with E-state index >= 15 is 0 Å². The monoisotopic (exact) mass is 309 g/mol.